The molecule has 0 saturated carbocycles. The molecule has 0 bridgehead atoms. The van der Waals surface area contributed by atoms with E-state index in [1.807, 2.05) is 0 Å². The lowest BCUT2D eigenvalue weighted by molar-refractivity contribution is -0.143. The number of carbonyl (C=O) groups is 2. The Bertz CT molecular complexity index is 532. The molecule has 1 aromatic carbocycles. The summed E-state index contributed by atoms with van der Waals surface area (Å²) in [5.41, 5.74) is -1.22. The largest absolute Gasteiger partial charge is 0.417 e. The molecule has 1 amide bonds. The summed E-state index contributed by atoms with van der Waals surface area (Å²) in [6.07, 6.45) is -10.7. The third-order valence-electron chi connectivity index (χ3n) is 2.20. The maximum absolute atomic E-state index is 12.6. The van der Waals surface area contributed by atoms with Crippen molar-refractivity contribution in [2.24, 2.45) is 5.73 Å². The normalized spacial score (nSPS) is 12.3. The van der Waals surface area contributed by atoms with Crippen molar-refractivity contribution in [2.75, 3.05) is 0 Å². The first-order valence-electron chi connectivity index (χ1n) is 4.56. The van der Waals surface area contributed by atoms with Crippen LogP contribution in [0.4, 0.5) is 26.3 Å². The highest BCUT2D eigenvalue weighted by molar-refractivity contribution is 6.01. The van der Waals surface area contributed by atoms with Crippen LogP contribution >= 0.6 is 0 Å². The smallest absolute Gasteiger partial charge is 0.366 e. The van der Waals surface area contributed by atoms with E-state index in [9.17, 15) is 35.9 Å². The summed E-state index contributed by atoms with van der Waals surface area (Å²) < 4.78 is 75.0. The molecule has 0 aliphatic carbocycles. The van der Waals surface area contributed by atoms with Gasteiger partial charge in [0, 0.05) is 5.56 Å². The number of halogens is 6. The number of hydrogen-bond acceptors (Lipinski definition) is 2. The first-order chi connectivity index (χ1) is 8.48. The van der Waals surface area contributed by atoms with Crippen molar-refractivity contribution in [3.8, 4) is 0 Å². The summed E-state index contributed by atoms with van der Waals surface area (Å²) in [7, 11) is 0. The number of alkyl halides is 6. The lowest BCUT2D eigenvalue weighted by Crippen LogP contribution is -2.21. The van der Waals surface area contributed by atoms with Crippen LogP contribution in [0.2, 0.25) is 0 Å². The topological polar surface area (TPSA) is 60.2 Å². The molecule has 3 nitrogen and oxygen atoms in total. The monoisotopic (exact) mass is 285 g/mol. The van der Waals surface area contributed by atoms with Gasteiger partial charge in [-0.2, -0.15) is 26.3 Å². The van der Waals surface area contributed by atoms with Gasteiger partial charge in [0.15, 0.2) is 6.29 Å². The van der Waals surface area contributed by atoms with Crippen LogP contribution in [-0.4, -0.2) is 12.2 Å². The molecule has 9 heteroatoms. The van der Waals surface area contributed by atoms with Crippen molar-refractivity contribution in [1.82, 2.24) is 0 Å². The summed E-state index contributed by atoms with van der Waals surface area (Å²) in [4.78, 5) is 21.4. The zero-order valence-corrected chi connectivity index (χ0v) is 8.89. The molecular formula is C10H5F6NO2. The SMILES string of the molecule is NC(=O)c1cc(C(F)(F)F)cc(C(F)(F)F)c1C=O. The van der Waals surface area contributed by atoms with E-state index in [1.165, 1.54) is 0 Å². The van der Waals surface area contributed by atoms with Crippen LogP contribution < -0.4 is 5.73 Å². The Morgan fingerprint density at radius 3 is 1.89 bits per heavy atom. The van der Waals surface area contributed by atoms with Gasteiger partial charge in [-0.05, 0) is 12.1 Å². The molecule has 0 saturated heterocycles. The Kier molecular flexibility index (Phi) is 3.60. The molecule has 1 aromatic rings. The molecule has 0 aliphatic heterocycles. The average Bonchev–Trinajstić information content (AvgIpc) is 2.24. The first kappa shape index (κ1) is 15.0. The number of aldehydes is 1. The number of amides is 1. The molecule has 0 aromatic heterocycles. The minimum Gasteiger partial charge on any atom is -0.366 e. The second kappa shape index (κ2) is 4.56. The zero-order chi connectivity index (χ0) is 15.0. The van der Waals surface area contributed by atoms with E-state index >= 15 is 0 Å². The molecule has 1 rings (SSSR count). The Labute approximate surface area is 102 Å². The fraction of sp³-hybridized carbons (Fsp3) is 0.200. The summed E-state index contributed by atoms with van der Waals surface area (Å²) in [6, 6.07) is -0.128. The number of hydrogen-bond donors (Lipinski definition) is 1. The lowest BCUT2D eigenvalue weighted by atomic mass is 9.97. The second-order valence-corrected chi connectivity index (χ2v) is 3.46. The van der Waals surface area contributed by atoms with Gasteiger partial charge in [0.2, 0.25) is 5.91 Å². The third kappa shape index (κ3) is 3.04. The Hall–Kier alpha value is -2.06. The summed E-state index contributed by atoms with van der Waals surface area (Å²) in [6.45, 7) is 0. The van der Waals surface area contributed by atoms with Crippen molar-refractivity contribution >= 4 is 12.2 Å². The highest BCUT2D eigenvalue weighted by atomic mass is 19.4. The quantitative estimate of drug-likeness (QED) is 0.670. The first-order valence-corrected chi connectivity index (χ1v) is 4.56. The predicted molar refractivity (Wildman–Crippen MR) is 50.4 cm³/mol. The van der Waals surface area contributed by atoms with Crippen molar-refractivity contribution < 1.29 is 35.9 Å². The Morgan fingerprint density at radius 1 is 1.05 bits per heavy atom. The summed E-state index contributed by atoms with van der Waals surface area (Å²) >= 11 is 0. The highest BCUT2D eigenvalue weighted by Crippen LogP contribution is 2.38. The van der Waals surface area contributed by atoms with Crippen LogP contribution in [0.15, 0.2) is 12.1 Å². The number of carbonyl (C=O) groups excluding carboxylic acids is 2. The molecule has 0 fully saturated rings. The van der Waals surface area contributed by atoms with Crippen LogP contribution in [0.5, 0.6) is 0 Å². The summed E-state index contributed by atoms with van der Waals surface area (Å²) in [5, 5.41) is 0. The van der Waals surface area contributed by atoms with Crippen molar-refractivity contribution in [3.05, 3.63) is 34.4 Å². The lowest BCUT2D eigenvalue weighted by Gasteiger charge is -2.15. The van der Waals surface area contributed by atoms with Gasteiger partial charge in [-0.1, -0.05) is 0 Å². The van der Waals surface area contributed by atoms with E-state index in [-0.39, 0.29) is 18.4 Å². The van der Waals surface area contributed by atoms with E-state index in [0.29, 0.717) is 0 Å². The van der Waals surface area contributed by atoms with E-state index < -0.39 is 40.5 Å². The standard InChI is InChI=1S/C10H5F6NO2/c11-9(12,13)4-1-5(8(17)19)6(3-18)7(2-4)10(14,15)16/h1-3H,(H2,17,19). The van der Waals surface area contributed by atoms with Crippen molar-refractivity contribution in [3.63, 3.8) is 0 Å². The highest BCUT2D eigenvalue weighted by Gasteiger charge is 2.40. The van der Waals surface area contributed by atoms with Gasteiger partial charge in [0.25, 0.3) is 0 Å². The van der Waals surface area contributed by atoms with Crippen LogP contribution in [0, 0.1) is 0 Å². The zero-order valence-electron chi connectivity index (χ0n) is 8.89. The van der Waals surface area contributed by atoms with Gasteiger partial charge in [-0.15, -0.1) is 0 Å². The van der Waals surface area contributed by atoms with Gasteiger partial charge >= 0.3 is 12.4 Å². The van der Waals surface area contributed by atoms with E-state index in [2.05, 4.69) is 5.73 Å². The number of primary amides is 1. The van der Waals surface area contributed by atoms with Gasteiger partial charge in [-0.25, -0.2) is 0 Å². The molecule has 2 N–H and O–H groups in total. The van der Waals surface area contributed by atoms with Crippen molar-refractivity contribution in [2.45, 2.75) is 12.4 Å². The molecule has 0 unspecified atom stereocenters. The fourth-order valence-electron chi connectivity index (χ4n) is 1.38. The molecular weight excluding hydrogens is 280 g/mol. The van der Waals surface area contributed by atoms with E-state index in [4.69, 9.17) is 0 Å². The van der Waals surface area contributed by atoms with E-state index in [0.717, 1.165) is 0 Å². The van der Waals surface area contributed by atoms with Crippen LogP contribution in [0.3, 0.4) is 0 Å². The molecule has 0 atom stereocenters. The third-order valence-corrected chi connectivity index (χ3v) is 2.20. The molecule has 19 heavy (non-hydrogen) atoms. The Balaban J connectivity index is 3.75. The van der Waals surface area contributed by atoms with E-state index in [1.54, 1.807) is 0 Å². The molecule has 0 spiro atoms. The minimum atomic E-state index is -5.22. The molecule has 0 aliphatic rings. The number of nitrogens with two attached hydrogens (primary N) is 1. The maximum atomic E-state index is 12.6. The van der Waals surface area contributed by atoms with Crippen LogP contribution in [-0.2, 0) is 12.4 Å². The van der Waals surface area contributed by atoms with Crippen LogP contribution in [0.1, 0.15) is 31.8 Å². The van der Waals surface area contributed by atoms with Crippen molar-refractivity contribution in [1.29, 1.82) is 0 Å². The number of benzene rings is 1. The predicted octanol–water partition coefficient (Wildman–Crippen LogP) is 2.64. The fourth-order valence-corrected chi connectivity index (χ4v) is 1.38. The summed E-state index contributed by atoms with van der Waals surface area (Å²) in [5.74, 6) is -1.56. The van der Waals surface area contributed by atoms with Gasteiger partial charge < -0.3 is 5.73 Å². The molecule has 0 heterocycles. The van der Waals surface area contributed by atoms with Crippen LogP contribution in [0.25, 0.3) is 0 Å². The van der Waals surface area contributed by atoms with Gasteiger partial charge in [0.1, 0.15) is 0 Å². The van der Waals surface area contributed by atoms with Gasteiger partial charge in [-0.3, -0.25) is 9.59 Å². The van der Waals surface area contributed by atoms with Gasteiger partial charge in [0.05, 0.1) is 16.7 Å². The minimum absolute atomic E-state index is 0.112. The maximum Gasteiger partial charge on any atom is 0.417 e. The average molecular weight is 285 g/mol. The molecule has 104 valence electrons. The Morgan fingerprint density at radius 2 is 1.58 bits per heavy atom. The number of rotatable bonds is 2. The molecule has 0 radical (unpaired) electrons. The second-order valence-electron chi connectivity index (χ2n) is 3.46.